The summed E-state index contributed by atoms with van der Waals surface area (Å²) in [5.74, 6) is -5.77. The van der Waals surface area contributed by atoms with Crippen molar-refractivity contribution in [1.82, 2.24) is 21.3 Å². The number of carbonyl (C=O) groups excluding carboxylic acids is 10. The van der Waals surface area contributed by atoms with E-state index < -0.39 is 70.1 Å². The number of carboxylic acid groups (broad SMARTS) is 2. The Morgan fingerprint density at radius 2 is 0.621 bits per heavy atom. The van der Waals surface area contributed by atoms with E-state index in [2.05, 4.69) is 30.7 Å². The average Bonchev–Trinajstić information content (AvgIpc) is 3.20. The number of carboxylic acids is 2. The number of aliphatic carboxylic acids is 2. The number of hydrogen-bond acceptors (Lipinski definition) is 18. The zero-order chi connectivity index (χ0) is 44.8. The SMILES string of the molecule is CCC(=O)N[C@@H](CSC(=O)CCC(=O)SC[C@H](NC(=O)CC)C(=O)O)C(=O)O.CCC(=O)N[C@@H](CSC(=O)CCC(=O)SC[C@H](NC(=O)CC)C(=O)OC)C(=O)OC. The van der Waals surface area contributed by atoms with Crippen molar-refractivity contribution in [3.8, 4) is 0 Å². The normalized spacial score (nSPS) is 12.4. The Hall–Kier alpha value is -4.16. The molecule has 0 aliphatic heterocycles. The summed E-state index contributed by atoms with van der Waals surface area (Å²) in [6, 6.07) is -4.32. The van der Waals surface area contributed by atoms with Gasteiger partial charge in [-0.3, -0.25) is 38.4 Å². The van der Waals surface area contributed by atoms with Gasteiger partial charge in [-0.2, -0.15) is 0 Å². The van der Waals surface area contributed by atoms with Crippen LogP contribution in [0.3, 0.4) is 0 Å². The Kier molecular flexibility index (Phi) is 31.6. The Morgan fingerprint density at radius 3 is 0.810 bits per heavy atom. The first-order valence-electron chi connectivity index (χ1n) is 17.7. The monoisotopic (exact) mass is 900 g/mol. The van der Waals surface area contributed by atoms with Crippen molar-refractivity contribution in [2.45, 2.75) is 103 Å². The molecule has 0 bridgehead atoms. The first kappa shape index (κ1) is 55.9. The van der Waals surface area contributed by atoms with Crippen molar-refractivity contribution in [3.05, 3.63) is 0 Å². The molecule has 0 heterocycles. The molecule has 0 aliphatic rings. The molecule has 0 unspecified atom stereocenters. The summed E-state index contributed by atoms with van der Waals surface area (Å²) in [7, 11) is 2.36. The Morgan fingerprint density at radius 1 is 0.414 bits per heavy atom. The van der Waals surface area contributed by atoms with Gasteiger partial charge in [0.15, 0.2) is 20.5 Å². The molecule has 0 fully saturated rings. The van der Waals surface area contributed by atoms with Gasteiger partial charge in [-0.25, -0.2) is 19.2 Å². The van der Waals surface area contributed by atoms with Crippen molar-refractivity contribution in [3.63, 3.8) is 0 Å². The van der Waals surface area contributed by atoms with Crippen LogP contribution in [0.25, 0.3) is 0 Å². The molecule has 0 aromatic rings. The molecule has 0 aromatic carbocycles. The van der Waals surface area contributed by atoms with E-state index >= 15 is 0 Å². The highest BCUT2D eigenvalue weighted by molar-refractivity contribution is 8.14. The van der Waals surface area contributed by atoms with E-state index in [1.165, 1.54) is 14.2 Å². The maximum Gasteiger partial charge on any atom is 0.329 e. The van der Waals surface area contributed by atoms with Crippen molar-refractivity contribution in [1.29, 1.82) is 0 Å². The summed E-state index contributed by atoms with van der Waals surface area (Å²) >= 11 is 3.04. The third-order valence-electron chi connectivity index (χ3n) is 6.90. The van der Waals surface area contributed by atoms with Gasteiger partial charge < -0.3 is 41.0 Å². The molecule has 328 valence electrons. The fourth-order valence-electron chi connectivity index (χ4n) is 3.56. The van der Waals surface area contributed by atoms with Crippen molar-refractivity contribution >= 4 is 115 Å². The van der Waals surface area contributed by atoms with Crippen LogP contribution in [0.15, 0.2) is 0 Å². The fourth-order valence-corrected chi connectivity index (χ4v) is 6.85. The third-order valence-corrected chi connectivity index (χ3v) is 11.0. The quantitative estimate of drug-likeness (QED) is 0.0650. The van der Waals surface area contributed by atoms with E-state index in [0.717, 1.165) is 23.5 Å². The maximum absolute atomic E-state index is 12.0. The molecule has 0 aromatic heterocycles. The van der Waals surface area contributed by atoms with Crippen molar-refractivity contribution in [2.75, 3.05) is 37.2 Å². The molecule has 4 amide bonds. The molecule has 0 saturated carbocycles. The molecule has 20 nitrogen and oxygen atoms in total. The van der Waals surface area contributed by atoms with Gasteiger partial charge in [-0.1, -0.05) is 74.7 Å². The molecular formula is C34H52N4O16S4. The number of ether oxygens (including phenoxy) is 2. The number of carbonyl (C=O) groups is 12. The zero-order valence-corrected chi connectivity index (χ0v) is 36.3. The first-order valence-corrected chi connectivity index (χ1v) is 21.6. The Bertz CT molecular complexity index is 1360. The van der Waals surface area contributed by atoms with Gasteiger partial charge in [0.1, 0.15) is 24.2 Å². The fraction of sp³-hybridized carbons (Fsp3) is 0.647. The number of nitrogens with one attached hydrogen (secondary N) is 4. The summed E-state index contributed by atoms with van der Waals surface area (Å²) in [6.07, 6.45) is 0.153. The lowest BCUT2D eigenvalue weighted by Gasteiger charge is -2.15. The number of thioether (sulfide) groups is 4. The molecule has 58 heavy (non-hydrogen) atoms. The van der Waals surface area contributed by atoms with E-state index in [1.54, 1.807) is 27.7 Å². The average molecular weight is 901 g/mol. The smallest absolute Gasteiger partial charge is 0.329 e. The highest BCUT2D eigenvalue weighted by atomic mass is 32.2. The largest absolute Gasteiger partial charge is 0.480 e. The first-order chi connectivity index (χ1) is 27.3. The second-order valence-corrected chi connectivity index (χ2v) is 15.7. The van der Waals surface area contributed by atoms with Crippen LogP contribution in [0.1, 0.15) is 79.1 Å². The number of amides is 4. The lowest BCUT2D eigenvalue weighted by atomic mass is 10.3. The minimum absolute atomic E-state index is 0.00789. The van der Waals surface area contributed by atoms with Gasteiger partial charge in [-0.15, -0.1) is 0 Å². The Labute approximate surface area is 352 Å². The van der Waals surface area contributed by atoms with E-state index in [1.807, 2.05) is 0 Å². The Balaban J connectivity index is 0. The molecule has 24 heteroatoms. The molecular weight excluding hydrogens is 849 g/mol. The molecule has 0 spiro atoms. The molecule has 4 atom stereocenters. The van der Waals surface area contributed by atoms with Crippen LogP contribution in [0.4, 0.5) is 0 Å². The highest BCUT2D eigenvalue weighted by Gasteiger charge is 2.26. The van der Waals surface area contributed by atoms with Crippen molar-refractivity contribution in [2.24, 2.45) is 0 Å². The minimum Gasteiger partial charge on any atom is -0.480 e. The summed E-state index contributed by atoms with van der Waals surface area (Å²) in [5.41, 5.74) is 0. The minimum atomic E-state index is -1.26. The summed E-state index contributed by atoms with van der Waals surface area (Å²) in [5, 5.41) is 26.1. The van der Waals surface area contributed by atoms with Gasteiger partial charge in [0.25, 0.3) is 0 Å². The van der Waals surface area contributed by atoms with Gasteiger partial charge in [0, 0.05) is 74.4 Å². The number of rotatable bonds is 26. The van der Waals surface area contributed by atoms with Gasteiger partial charge in [-0.05, 0) is 0 Å². The topological polar surface area (TPSA) is 312 Å². The second kappa shape index (κ2) is 32.8. The molecule has 6 N–H and O–H groups in total. The predicted octanol–water partition coefficient (Wildman–Crippen LogP) is 0.667. The van der Waals surface area contributed by atoms with Crippen LogP contribution in [0.5, 0.6) is 0 Å². The van der Waals surface area contributed by atoms with Gasteiger partial charge >= 0.3 is 23.9 Å². The lowest BCUT2D eigenvalue weighted by molar-refractivity contribution is -0.144. The van der Waals surface area contributed by atoms with Crippen LogP contribution < -0.4 is 21.3 Å². The van der Waals surface area contributed by atoms with Gasteiger partial charge in [0.05, 0.1) is 14.2 Å². The molecule has 0 aliphatic carbocycles. The predicted molar refractivity (Wildman–Crippen MR) is 217 cm³/mol. The van der Waals surface area contributed by atoms with Crippen LogP contribution in [-0.4, -0.2) is 140 Å². The number of hydrogen-bond donors (Lipinski definition) is 6. The van der Waals surface area contributed by atoms with E-state index in [-0.39, 0.29) is 96.4 Å². The lowest BCUT2D eigenvalue weighted by Crippen LogP contribution is -2.43. The van der Waals surface area contributed by atoms with E-state index in [4.69, 9.17) is 10.2 Å². The van der Waals surface area contributed by atoms with Crippen LogP contribution in [-0.2, 0) is 67.0 Å². The van der Waals surface area contributed by atoms with Crippen molar-refractivity contribution < 1.29 is 77.2 Å². The standard InChI is InChI=1S/C18H28N2O8S2.C16H24N2O8S2/c1-5-13(21)19-11(17(25)27-3)9-29-15(23)7-8-16(24)30-10-12(18(26)28-4)20-14(22)6-2;1-3-11(19)17-9(15(23)24)7-27-13(21)5-6-14(22)28-8-10(16(25)26)18-12(20)4-2/h11-12H,5-10H2,1-4H3,(H,19,21)(H,20,22);9-10H,3-8H2,1-2H3,(H,17,19)(H,18,20)(H,23,24)(H,25,26)/t11-,12-;9-,10-/m00/s1. The third kappa shape index (κ3) is 27.5. The highest BCUT2D eigenvalue weighted by Crippen LogP contribution is 2.16. The molecule has 0 radical (unpaired) electrons. The number of esters is 2. The van der Waals surface area contributed by atoms with E-state index in [9.17, 15) is 57.5 Å². The zero-order valence-electron chi connectivity index (χ0n) is 33.0. The summed E-state index contributed by atoms with van der Waals surface area (Å²) < 4.78 is 9.21. The maximum atomic E-state index is 12.0. The van der Waals surface area contributed by atoms with E-state index in [0.29, 0.717) is 23.5 Å². The number of methoxy groups -OCH3 is 2. The van der Waals surface area contributed by atoms with Crippen LogP contribution >= 0.6 is 47.0 Å². The second-order valence-electron chi connectivity index (χ2n) is 11.3. The molecule has 0 saturated heterocycles. The summed E-state index contributed by atoms with van der Waals surface area (Å²) in [6.45, 7) is 6.39. The van der Waals surface area contributed by atoms with Crippen LogP contribution in [0, 0.1) is 0 Å². The van der Waals surface area contributed by atoms with Gasteiger partial charge in [0.2, 0.25) is 23.6 Å². The molecule has 0 rings (SSSR count). The summed E-state index contributed by atoms with van der Waals surface area (Å²) in [4.78, 5) is 139. The van der Waals surface area contributed by atoms with Crippen LogP contribution in [0.2, 0.25) is 0 Å².